The number of nitrogens with zero attached hydrogens (tertiary/aromatic N) is 1. The van der Waals surface area contributed by atoms with Crippen LogP contribution in [0.25, 0.3) is 6.08 Å². The average Bonchev–Trinajstić information content (AvgIpc) is 3.22. The monoisotopic (exact) mass is 627 g/mol. The summed E-state index contributed by atoms with van der Waals surface area (Å²) in [4.78, 5) is 27.3. The number of fused-ring (bicyclic) bond motifs is 1. The minimum atomic E-state index is -5.21. The van der Waals surface area contributed by atoms with Gasteiger partial charge >= 0.3 is 12.4 Å². The largest absolute Gasteiger partial charge is 0.507 e. The first kappa shape index (κ1) is 33.2. The van der Waals surface area contributed by atoms with E-state index in [2.05, 4.69) is 0 Å². The summed E-state index contributed by atoms with van der Waals surface area (Å²) in [5, 5.41) is 41.8. The highest BCUT2D eigenvalue weighted by Gasteiger charge is 2.55. The Morgan fingerprint density at radius 2 is 1.61 bits per heavy atom. The number of halogens is 6. The number of aliphatic hydroxyl groups is 3. The molecule has 0 bridgehead atoms. The van der Waals surface area contributed by atoms with E-state index in [-0.39, 0.29) is 52.8 Å². The number of aromatic hydroxyl groups is 1. The Labute approximate surface area is 248 Å². The van der Waals surface area contributed by atoms with Crippen LogP contribution in [0.15, 0.2) is 59.2 Å². The van der Waals surface area contributed by atoms with Gasteiger partial charge in [0.05, 0.1) is 48.0 Å². The second-order valence-electron chi connectivity index (χ2n) is 10.9. The number of amides is 2. The quantitative estimate of drug-likeness (QED) is 0.166. The molecular formula is C31H31F6NO6. The zero-order valence-electron chi connectivity index (χ0n) is 23.5. The third-order valence-corrected chi connectivity index (χ3v) is 8.25. The Hall–Kier alpha value is -3.68. The van der Waals surface area contributed by atoms with Gasteiger partial charge in [-0.1, -0.05) is 36.8 Å². The number of benzene rings is 2. The van der Waals surface area contributed by atoms with E-state index in [1.54, 1.807) is 24.3 Å². The van der Waals surface area contributed by atoms with Crippen molar-refractivity contribution in [2.24, 2.45) is 17.8 Å². The fourth-order valence-corrected chi connectivity index (χ4v) is 6.09. The van der Waals surface area contributed by atoms with Crippen molar-refractivity contribution in [1.29, 1.82) is 0 Å². The van der Waals surface area contributed by atoms with Crippen LogP contribution in [-0.4, -0.2) is 51.6 Å². The number of imide groups is 1. The Balaban J connectivity index is 1.66. The van der Waals surface area contributed by atoms with Crippen LogP contribution in [0.5, 0.6) is 5.75 Å². The van der Waals surface area contributed by atoms with Crippen molar-refractivity contribution in [2.45, 2.75) is 51.1 Å². The van der Waals surface area contributed by atoms with Crippen molar-refractivity contribution in [3.8, 4) is 5.75 Å². The number of anilines is 1. The third-order valence-electron chi connectivity index (χ3n) is 8.25. The van der Waals surface area contributed by atoms with Gasteiger partial charge in [0.1, 0.15) is 5.75 Å². The van der Waals surface area contributed by atoms with Crippen molar-refractivity contribution in [3.63, 3.8) is 0 Å². The average molecular weight is 628 g/mol. The molecule has 1 fully saturated rings. The molecule has 1 heterocycles. The SMILES string of the molecule is CC/C(=C\c1ccccc1O)CC[C@@H](O)C1=C(CO)C[C@H]2C(=O)N(c3cc(C(F)(F)F)cc(C(F)(F)F)c3)C(=O)[C@H]2[C@H]1CO. The predicted octanol–water partition coefficient (Wildman–Crippen LogP) is 5.47. The van der Waals surface area contributed by atoms with Gasteiger partial charge in [-0.25, -0.2) is 4.90 Å². The van der Waals surface area contributed by atoms with E-state index in [0.29, 0.717) is 18.4 Å². The molecule has 0 radical (unpaired) electrons. The molecule has 1 saturated heterocycles. The van der Waals surface area contributed by atoms with Crippen molar-refractivity contribution in [2.75, 3.05) is 18.1 Å². The predicted molar refractivity (Wildman–Crippen MR) is 147 cm³/mol. The van der Waals surface area contributed by atoms with Gasteiger partial charge in [0.2, 0.25) is 11.8 Å². The van der Waals surface area contributed by atoms with Gasteiger partial charge in [-0.2, -0.15) is 26.3 Å². The minimum Gasteiger partial charge on any atom is -0.507 e. The molecule has 4 rings (SSSR count). The summed E-state index contributed by atoms with van der Waals surface area (Å²) in [5.74, 6) is -6.02. The third kappa shape index (κ3) is 6.54. The van der Waals surface area contributed by atoms with Crippen LogP contribution in [0, 0.1) is 17.8 Å². The van der Waals surface area contributed by atoms with E-state index < -0.39 is 78.1 Å². The van der Waals surface area contributed by atoms with E-state index >= 15 is 0 Å². The smallest absolute Gasteiger partial charge is 0.416 e. The van der Waals surface area contributed by atoms with Crippen LogP contribution in [0.1, 0.15) is 49.3 Å². The number of para-hydroxylation sites is 1. The summed E-state index contributed by atoms with van der Waals surface area (Å²) in [5.41, 5.74) is -2.66. The first-order valence-corrected chi connectivity index (χ1v) is 13.9. The number of phenolic OH excluding ortho intramolecular Hbond substituents is 1. The van der Waals surface area contributed by atoms with Crippen molar-refractivity contribution in [3.05, 3.63) is 75.9 Å². The molecule has 2 aromatic rings. The Morgan fingerprint density at radius 1 is 1.00 bits per heavy atom. The molecule has 0 unspecified atom stereocenters. The van der Waals surface area contributed by atoms with E-state index in [9.17, 15) is 56.4 Å². The number of carbonyl (C=O) groups is 2. The molecule has 2 amide bonds. The number of carbonyl (C=O) groups excluding carboxylic acids is 2. The normalized spacial score (nSPS) is 22.1. The second-order valence-corrected chi connectivity index (χ2v) is 10.9. The minimum absolute atomic E-state index is 0.0556. The molecule has 0 aromatic heterocycles. The Bertz CT molecular complexity index is 1450. The number of phenols is 1. The molecule has 7 nitrogen and oxygen atoms in total. The summed E-state index contributed by atoms with van der Waals surface area (Å²) >= 11 is 0. The first-order chi connectivity index (χ1) is 20.6. The van der Waals surface area contributed by atoms with E-state index in [1.807, 2.05) is 6.92 Å². The zero-order chi connectivity index (χ0) is 32.6. The van der Waals surface area contributed by atoms with Crippen molar-refractivity contribution < 1.29 is 56.4 Å². The molecule has 0 saturated carbocycles. The fraction of sp³-hybridized carbons (Fsp3) is 0.419. The maximum absolute atomic E-state index is 13.6. The van der Waals surface area contributed by atoms with Gasteiger partial charge in [0.25, 0.3) is 0 Å². The molecule has 13 heteroatoms. The first-order valence-electron chi connectivity index (χ1n) is 13.9. The lowest BCUT2D eigenvalue weighted by atomic mass is 9.68. The molecule has 1 aliphatic heterocycles. The zero-order valence-corrected chi connectivity index (χ0v) is 23.5. The summed E-state index contributed by atoms with van der Waals surface area (Å²) < 4.78 is 81.0. The highest BCUT2D eigenvalue weighted by molar-refractivity contribution is 6.22. The summed E-state index contributed by atoms with van der Waals surface area (Å²) in [6.45, 7) is 0.423. The summed E-state index contributed by atoms with van der Waals surface area (Å²) in [6.07, 6.45) is -9.34. The number of alkyl halides is 6. The molecule has 4 atom stereocenters. The lowest BCUT2D eigenvalue weighted by molar-refractivity contribution is -0.143. The second kappa shape index (κ2) is 12.7. The van der Waals surface area contributed by atoms with Gasteiger partial charge in [-0.3, -0.25) is 9.59 Å². The molecule has 44 heavy (non-hydrogen) atoms. The number of aliphatic hydroxyl groups excluding tert-OH is 3. The van der Waals surface area contributed by atoms with Crippen LogP contribution in [0.3, 0.4) is 0 Å². The molecule has 2 aromatic carbocycles. The summed E-state index contributed by atoms with van der Waals surface area (Å²) in [7, 11) is 0. The molecule has 4 N–H and O–H groups in total. The van der Waals surface area contributed by atoms with Crippen LogP contribution >= 0.6 is 0 Å². The van der Waals surface area contributed by atoms with Gasteiger partial charge < -0.3 is 20.4 Å². The number of rotatable bonds is 9. The highest BCUT2D eigenvalue weighted by atomic mass is 19.4. The maximum atomic E-state index is 13.6. The van der Waals surface area contributed by atoms with Gasteiger partial charge in [-0.15, -0.1) is 0 Å². The summed E-state index contributed by atoms with van der Waals surface area (Å²) in [6, 6.07) is 7.08. The molecule has 1 aliphatic carbocycles. The molecule has 0 spiro atoms. The van der Waals surface area contributed by atoms with E-state index in [4.69, 9.17) is 0 Å². The van der Waals surface area contributed by atoms with E-state index in [1.165, 1.54) is 6.07 Å². The topological polar surface area (TPSA) is 118 Å². The van der Waals surface area contributed by atoms with E-state index in [0.717, 1.165) is 5.57 Å². The van der Waals surface area contributed by atoms with Crippen LogP contribution in [-0.2, 0) is 21.9 Å². The van der Waals surface area contributed by atoms with Crippen LogP contribution in [0.2, 0.25) is 0 Å². The lowest BCUT2D eigenvalue weighted by Crippen LogP contribution is -2.39. The van der Waals surface area contributed by atoms with Crippen molar-refractivity contribution in [1.82, 2.24) is 0 Å². The highest BCUT2D eigenvalue weighted by Crippen LogP contribution is 2.48. The maximum Gasteiger partial charge on any atom is 0.416 e. The lowest BCUT2D eigenvalue weighted by Gasteiger charge is -2.36. The number of allylic oxidation sites excluding steroid dienone is 1. The Kier molecular flexibility index (Phi) is 9.62. The van der Waals surface area contributed by atoms with Gasteiger partial charge in [0.15, 0.2) is 0 Å². The molecule has 2 aliphatic rings. The number of hydrogen-bond acceptors (Lipinski definition) is 6. The van der Waals surface area contributed by atoms with Crippen molar-refractivity contribution >= 4 is 23.6 Å². The molecular weight excluding hydrogens is 596 g/mol. The fourth-order valence-electron chi connectivity index (χ4n) is 6.09. The van der Waals surface area contributed by atoms with Gasteiger partial charge in [0, 0.05) is 11.5 Å². The van der Waals surface area contributed by atoms with Gasteiger partial charge in [-0.05, 0) is 61.1 Å². The standard InChI is InChI=1S/C31H31F6NO6/c1-2-16(9-17-5-3-4-6-24(17)41)7-8-25(42)26-18(14-39)10-22-27(23(26)15-40)29(44)38(28(22)43)21-12-19(30(32,33)34)11-20(13-21)31(35,36)37/h3-6,9,11-13,22-23,25,27,39-42H,2,7-8,10,14-15H2,1H3/b16-9+/t22-,23+,25-,27-/m1/s1. The Morgan fingerprint density at radius 3 is 2.14 bits per heavy atom. The molecule has 238 valence electrons. The van der Waals surface area contributed by atoms with Crippen LogP contribution in [0.4, 0.5) is 32.0 Å². The number of hydrogen-bond donors (Lipinski definition) is 4. The van der Waals surface area contributed by atoms with Crippen LogP contribution < -0.4 is 4.90 Å².